The first-order valence-electron chi connectivity index (χ1n) is 5.82. The molecule has 0 aliphatic rings. The van der Waals surface area contributed by atoms with Gasteiger partial charge in [0.25, 0.3) is 0 Å². The molecule has 8 heteroatoms. The summed E-state index contributed by atoms with van der Waals surface area (Å²) in [4.78, 5) is 0. The van der Waals surface area contributed by atoms with Crippen LogP contribution in [0, 0.1) is 0 Å². The van der Waals surface area contributed by atoms with Gasteiger partial charge in [0.05, 0.1) is 6.04 Å². The highest BCUT2D eigenvalue weighted by Gasteiger charge is 2.31. The van der Waals surface area contributed by atoms with Crippen molar-refractivity contribution in [2.45, 2.75) is 12.4 Å². The fourth-order valence-electron chi connectivity index (χ4n) is 1.81. The standard InChI is InChI=1S/C14H10BrClF3NO.ClH/c15-12-6-3-9(16)7-11(12)13(20)8-1-4-10(5-2-8)21-14(17,18)19;/h1-7,13H,20H2;1H/t13-;/m0./s1. The van der Waals surface area contributed by atoms with Gasteiger partial charge in [-0.25, -0.2) is 0 Å². The molecule has 22 heavy (non-hydrogen) atoms. The van der Waals surface area contributed by atoms with Gasteiger partial charge in [-0.3, -0.25) is 0 Å². The average molecular weight is 417 g/mol. The number of hydrogen-bond donors (Lipinski definition) is 1. The Labute approximate surface area is 144 Å². The summed E-state index contributed by atoms with van der Waals surface area (Å²) in [5.41, 5.74) is 7.50. The molecule has 0 spiro atoms. The minimum Gasteiger partial charge on any atom is -0.406 e. The number of hydrogen-bond acceptors (Lipinski definition) is 2. The molecular weight excluding hydrogens is 406 g/mol. The Bertz CT molecular complexity index is 635. The van der Waals surface area contributed by atoms with Crippen molar-refractivity contribution in [1.29, 1.82) is 0 Å². The van der Waals surface area contributed by atoms with Crippen LogP contribution in [-0.2, 0) is 0 Å². The van der Waals surface area contributed by atoms with Gasteiger partial charge in [0.1, 0.15) is 5.75 Å². The van der Waals surface area contributed by atoms with Crippen LogP contribution in [0.15, 0.2) is 46.9 Å². The molecule has 1 atom stereocenters. The number of nitrogens with two attached hydrogens (primary N) is 1. The van der Waals surface area contributed by atoms with Crippen LogP contribution in [0.5, 0.6) is 5.75 Å². The van der Waals surface area contributed by atoms with Crippen molar-refractivity contribution in [3.63, 3.8) is 0 Å². The Balaban J connectivity index is 0.00000242. The number of benzene rings is 2. The van der Waals surface area contributed by atoms with Crippen LogP contribution in [0.1, 0.15) is 17.2 Å². The van der Waals surface area contributed by atoms with Crippen molar-refractivity contribution in [3.05, 3.63) is 63.1 Å². The lowest BCUT2D eigenvalue weighted by molar-refractivity contribution is -0.274. The van der Waals surface area contributed by atoms with Gasteiger partial charge in [-0.15, -0.1) is 25.6 Å². The first kappa shape index (κ1) is 19.1. The van der Waals surface area contributed by atoms with E-state index in [0.29, 0.717) is 10.6 Å². The van der Waals surface area contributed by atoms with E-state index >= 15 is 0 Å². The monoisotopic (exact) mass is 415 g/mol. The maximum absolute atomic E-state index is 12.1. The van der Waals surface area contributed by atoms with Crippen molar-refractivity contribution in [3.8, 4) is 5.75 Å². The molecule has 2 rings (SSSR count). The van der Waals surface area contributed by atoms with Crippen molar-refractivity contribution in [2.24, 2.45) is 5.73 Å². The fourth-order valence-corrected chi connectivity index (χ4v) is 2.48. The molecule has 2 nitrogen and oxygen atoms in total. The van der Waals surface area contributed by atoms with Crippen molar-refractivity contribution in [2.75, 3.05) is 0 Å². The number of rotatable bonds is 3. The van der Waals surface area contributed by atoms with E-state index in [9.17, 15) is 13.2 Å². The lowest BCUT2D eigenvalue weighted by Crippen LogP contribution is -2.17. The number of halogens is 6. The molecule has 0 amide bonds. The molecule has 0 unspecified atom stereocenters. The second kappa shape index (κ2) is 7.55. The van der Waals surface area contributed by atoms with Gasteiger partial charge in [0.15, 0.2) is 0 Å². The third-order valence-electron chi connectivity index (χ3n) is 2.77. The normalized spacial score (nSPS) is 12.5. The zero-order valence-electron chi connectivity index (χ0n) is 10.9. The Hall–Kier alpha value is -0.950. The molecule has 0 aliphatic carbocycles. The van der Waals surface area contributed by atoms with E-state index < -0.39 is 12.4 Å². The Morgan fingerprint density at radius 3 is 2.23 bits per heavy atom. The van der Waals surface area contributed by atoms with Gasteiger partial charge in [-0.2, -0.15) is 0 Å². The van der Waals surface area contributed by atoms with Crippen molar-refractivity contribution in [1.82, 2.24) is 0 Å². The molecule has 0 heterocycles. The summed E-state index contributed by atoms with van der Waals surface area (Å²) in [6.07, 6.45) is -4.71. The molecule has 0 bridgehead atoms. The molecule has 0 radical (unpaired) electrons. The first-order chi connectivity index (χ1) is 9.76. The second-order valence-electron chi connectivity index (χ2n) is 4.26. The summed E-state index contributed by atoms with van der Waals surface area (Å²) < 4.78 is 40.9. The zero-order valence-corrected chi connectivity index (χ0v) is 14.1. The lowest BCUT2D eigenvalue weighted by atomic mass is 10.00. The van der Waals surface area contributed by atoms with Gasteiger partial charge in [-0.1, -0.05) is 39.7 Å². The van der Waals surface area contributed by atoms with Crippen LogP contribution in [-0.4, -0.2) is 6.36 Å². The summed E-state index contributed by atoms with van der Waals surface area (Å²) in [5, 5.41) is 0.528. The Morgan fingerprint density at radius 1 is 1.09 bits per heavy atom. The molecule has 2 N–H and O–H groups in total. The molecule has 2 aromatic carbocycles. The van der Waals surface area contributed by atoms with E-state index in [1.807, 2.05) is 0 Å². The van der Waals surface area contributed by atoms with E-state index in [4.69, 9.17) is 17.3 Å². The molecule has 0 saturated heterocycles. The Morgan fingerprint density at radius 2 is 1.68 bits per heavy atom. The summed E-state index contributed by atoms with van der Waals surface area (Å²) in [6, 6.07) is 10.1. The van der Waals surface area contributed by atoms with Crippen molar-refractivity contribution >= 4 is 39.9 Å². The van der Waals surface area contributed by atoms with E-state index in [1.54, 1.807) is 18.2 Å². The predicted molar refractivity (Wildman–Crippen MR) is 85.6 cm³/mol. The van der Waals surface area contributed by atoms with Crippen LogP contribution < -0.4 is 10.5 Å². The molecule has 0 aliphatic heterocycles. The van der Waals surface area contributed by atoms with Gasteiger partial charge in [0, 0.05) is 9.50 Å². The van der Waals surface area contributed by atoms with Crippen LogP contribution in [0.2, 0.25) is 5.02 Å². The molecule has 0 fully saturated rings. The van der Waals surface area contributed by atoms with E-state index in [0.717, 1.165) is 10.0 Å². The largest absolute Gasteiger partial charge is 0.573 e. The average Bonchev–Trinajstić information content (AvgIpc) is 2.40. The number of ether oxygens (including phenoxy) is 1. The van der Waals surface area contributed by atoms with Crippen LogP contribution in [0.25, 0.3) is 0 Å². The maximum Gasteiger partial charge on any atom is 0.573 e. The van der Waals surface area contributed by atoms with Gasteiger partial charge in [0.2, 0.25) is 0 Å². The fraction of sp³-hybridized carbons (Fsp3) is 0.143. The molecular formula is C14H11BrCl2F3NO. The minimum absolute atomic E-state index is 0. The summed E-state index contributed by atoms with van der Waals surface area (Å²) >= 11 is 9.30. The molecule has 120 valence electrons. The van der Waals surface area contributed by atoms with Gasteiger partial charge < -0.3 is 10.5 Å². The summed E-state index contributed by atoms with van der Waals surface area (Å²) in [5.74, 6) is -0.288. The summed E-state index contributed by atoms with van der Waals surface area (Å²) in [6.45, 7) is 0. The topological polar surface area (TPSA) is 35.2 Å². The first-order valence-corrected chi connectivity index (χ1v) is 6.99. The van der Waals surface area contributed by atoms with Crippen molar-refractivity contribution < 1.29 is 17.9 Å². The SMILES string of the molecule is Cl.N[C@@H](c1ccc(OC(F)(F)F)cc1)c1cc(Cl)ccc1Br. The quantitative estimate of drug-likeness (QED) is 0.719. The molecule has 2 aromatic rings. The highest BCUT2D eigenvalue weighted by molar-refractivity contribution is 9.10. The highest BCUT2D eigenvalue weighted by atomic mass is 79.9. The highest BCUT2D eigenvalue weighted by Crippen LogP contribution is 2.31. The summed E-state index contributed by atoms with van der Waals surface area (Å²) in [7, 11) is 0. The molecule has 0 aromatic heterocycles. The maximum atomic E-state index is 12.1. The zero-order chi connectivity index (χ0) is 15.6. The Kier molecular flexibility index (Phi) is 6.55. The van der Waals surface area contributed by atoms with Gasteiger partial charge >= 0.3 is 6.36 Å². The third-order valence-corrected chi connectivity index (χ3v) is 3.72. The van der Waals surface area contributed by atoms with Crippen LogP contribution in [0.3, 0.4) is 0 Å². The molecule has 0 saturated carbocycles. The van der Waals surface area contributed by atoms with E-state index in [1.165, 1.54) is 24.3 Å². The van der Waals surface area contributed by atoms with Gasteiger partial charge in [-0.05, 0) is 41.5 Å². The second-order valence-corrected chi connectivity index (χ2v) is 5.55. The third kappa shape index (κ3) is 5.05. The van der Waals surface area contributed by atoms with E-state index in [2.05, 4.69) is 20.7 Å². The smallest absolute Gasteiger partial charge is 0.406 e. The van der Waals surface area contributed by atoms with Crippen LogP contribution >= 0.6 is 39.9 Å². The lowest BCUT2D eigenvalue weighted by Gasteiger charge is -2.16. The van der Waals surface area contributed by atoms with Crippen LogP contribution in [0.4, 0.5) is 13.2 Å². The minimum atomic E-state index is -4.71. The number of alkyl halides is 3. The van der Waals surface area contributed by atoms with E-state index in [-0.39, 0.29) is 18.2 Å². The predicted octanol–water partition coefficient (Wildman–Crippen LogP) is 5.47.